The molecule has 196 valence electrons. The Morgan fingerprint density at radius 2 is 1.64 bits per heavy atom. The van der Waals surface area contributed by atoms with Gasteiger partial charge in [-0.25, -0.2) is 0 Å². The number of fused-ring (bicyclic) bond motifs is 1. The van der Waals surface area contributed by atoms with Gasteiger partial charge in [-0.3, -0.25) is 14.6 Å². The number of anilines is 1. The molecule has 0 unspecified atom stereocenters. The van der Waals surface area contributed by atoms with E-state index in [1.807, 2.05) is 40.1 Å². The Labute approximate surface area is 217 Å². The maximum atomic E-state index is 13.5. The zero-order valence-corrected chi connectivity index (χ0v) is 22.7. The number of carbonyl (C=O) groups excluding carboxylic acids is 2. The third-order valence-electron chi connectivity index (χ3n) is 6.65. The average molecular weight is 493 g/mol. The highest BCUT2D eigenvalue weighted by Gasteiger charge is 2.24. The lowest BCUT2D eigenvalue weighted by molar-refractivity contribution is -0.132. The second-order valence-electron chi connectivity index (χ2n) is 10.8. The minimum absolute atomic E-state index is 0.169. The number of benzene rings is 1. The molecular formula is C30H44N4O2. The van der Waals surface area contributed by atoms with Crippen LogP contribution >= 0.6 is 0 Å². The number of aryl methyl sites for hydroxylation is 1. The summed E-state index contributed by atoms with van der Waals surface area (Å²) in [5.74, 6) is 1.21. The molecule has 0 N–H and O–H groups in total. The van der Waals surface area contributed by atoms with Crippen LogP contribution in [0.15, 0.2) is 48.8 Å². The Morgan fingerprint density at radius 3 is 2.36 bits per heavy atom. The van der Waals surface area contributed by atoms with Crippen LogP contribution in [0.1, 0.15) is 64.5 Å². The van der Waals surface area contributed by atoms with Gasteiger partial charge in [-0.1, -0.05) is 45.9 Å². The molecule has 1 aromatic carbocycles. The average Bonchev–Trinajstić information content (AvgIpc) is 2.87. The topological polar surface area (TPSA) is 56.8 Å². The van der Waals surface area contributed by atoms with Gasteiger partial charge in [0, 0.05) is 63.6 Å². The smallest absolute Gasteiger partial charge is 0.227 e. The van der Waals surface area contributed by atoms with Crippen molar-refractivity contribution >= 4 is 17.5 Å². The fourth-order valence-corrected chi connectivity index (χ4v) is 4.92. The maximum Gasteiger partial charge on any atom is 0.227 e. The minimum Gasteiger partial charge on any atom is -0.337 e. The zero-order chi connectivity index (χ0) is 25.9. The predicted octanol–water partition coefficient (Wildman–Crippen LogP) is 5.17. The third kappa shape index (κ3) is 8.74. The molecule has 1 aromatic heterocycles. The van der Waals surface area contributed by atoms with Gasteiger partial charge in [-0.2, -0.15) is 0 Å². The quantitative estimate of drug-likeness (QED) is 0.510. The summed E-state index contributed by atoms with van der Waals surface area (Å²) in [5.41, 5.74) is 3.22. The van der Waals surface area contributed by atoms with Crippen molar-refractivity contribution in [3.63, 3.8) is 0 Å². The summed E-state index contributed by atoms with van der Waals surface area (Å²) in [4.78, 5) is 37.3. The van der Waals surface area contributed by atoms with Crippen molar-refractivity contribution in [1.82, 2.24) is 14.8 Å². The molecule has 0 fully saturated rings. The normalized spacial score (nSPS) is 15.6. The van der Waals surface area contributed by atoms with Gasteiger partial charge < -0.3 is 14.7 Å². The molecule has 2 heterocycles. The van der Waals surface area contributed by atoms with E-state index in [0.29, 0.717) is 44.3 Å². The monoisotopic (exact) mass is 492 g/mol. The number of nitrogens with zero attached hydrogens (tertiary/aromatic N) is 4. The highest BCUT2D eigenvalue weighted by atomic mass is 16.2. The molecule has 2 amide bonds. The Hall–Kier alpha value is -2.73. The van der Waals surface area contributed by atoms with Crippen molar-refractivity contribution in [2.75, 3.05) is 37.6 Å². The number of carbonyl (C=O) groups is 2. The number of hydrogen-bond donors (Lipinski definition) is 0. The van der Waals surface area contributed by atoms with E-state index in [4.69, 9.17) is 0 Å². The van der Waals surface area contributed by atoms with E-state index >= 15 is 0 Å². The first-order valence-corrected chi connectivity index (χ1v) is 13.6. The first-order chi connectivity index (χ1) is 17.3. The van der Waals surface area contributed by atoms with Crippen LogP contribution in [0.4, 0.5) is 5.69 Å². The Bertz CT molecular complexity index is 960. The van der Waals surface area contributed by atoms with Crippen molar-refractivity contribution in [3.05, 3.63) is 59.9 Å². The second kappa shape index (κ2) is 14.1. The number of aromatic nitrogens is 1. The van der Waals surface area contributed by atoms with Crippen LogP contribution in [-0.4, -0.2) is 59.3 Å². The Kier molecular flexibility index (Phi) is 10.9. The van der Waals surface area contributed by atoms with Crippen LogP contribution in [0.2, 0.25) is 0 Å². The van der Waals surface area contributed by atoms with Gasteiger partial charge in [0.15, 0.2) is 0 Å². The van der Waals surface area contributed by atoms with Gasteiger partial charge >= 0.3 is 0 Å². The summed E-state index contributed by atoms with van der Waals surface area (Å²) < 4.78 is 0. The minimum atomic E-state index is 0.169. The van der Waals surface area contributed by atoms with Crippen molar-refractivity contribution in [1.29, 1.82) is 0 Å². The molecule has 6 nitrogen and oxygen atoms in total. The number of amides is 2. The van der Waals surface area contributed by atoms with Crippen molar-refractivity contribution in [2.45, 2.75) is 66.3 Å². The Morgan fingerprint density at radius 1 is 0.889 bits per heavy atom. The van der Waals surface area contributed by atoms with Crippen LogP contribution in [0.5, 0.6) is 0 Å². The van der Waals surface area contributed by atoms with Gasteiger partial charge in [-0.15, -0.1) is 0 Å². The molecule has 0 saturated heterocycles. The number of rotatable bonds is 8. The van der Waals surface area contributed by atoms with E-state index in [2.05, 4.69) is 43.6 Å². The SMILES string of the molecule is CC(C)CC(=O)N1CCCN(CC(C)C)CCN(C(=O)CCCc2ccncc2)Cc2ccccc21. The van der Waals surface area contributed by atoms with E-state index in [0.717, 1.165) is 50.1 Å². The summed E-state index contributed by atoms with van der Waals surface area (Å²) in [6.07, 6.45) is 7.26. The van der Waals surface area contributed by atoms with E-state index in [9.17, 15) is 9.59 Å². The number of para-hydroxylation sites is 1. The van der Waals surface area contributed by atoms with Crippen LogP contribution in [0.25, 0.3) is 0 Å². The van der Waals surface area contributed by atoms with E-state index in [-0.39, 0.29) is 11.8 Å². The van der Waals surface area contributed by atoms with Crippen molar-refractivity contribution in [3.8, 4) is 0 Å². The molecule has 36 heavy (non-hydrogen) atoms. The van der Waals surface area contributed by atoms with Crippen molar-refractivity contribution < 1.29 is 9.59 Å². The highest BCUT2D eigenvalue weighted by Crippen LogP contribution is 2.25. The van der Waals surface area contributed by atoms with E-state index in [1.54, 1.807) is 12.4 Å². The fourth-order valence-electron chi connectivity index (χ4n) is 4.92. The molecule has 6 heteroatoms. The Balaban J connectivity index is 1.82. The van der Waals surface area contributed by atoms with Gasteiger partial charge in [0.05, 0.1) is 0 Å². The van der Waals surface area contributed by atoms with E-state index in [1.165, 1.54) is 5.56 Å². The standard InChI is InChI=1S/C30H44N4O2/c1-24(2)21-30(36)34-18-8-17-32(22-25(3)4)19-20-33(23-27-10-5-6-11-28(27)34)29(35)12-7-9-26-13-15-31-16-14-26/h5-6,10-11,13-16,24-25H,7-9,12,17-23H2,1-4H3. The first-order valence-electron chi connectivity index (χ1n) is 13.6. The molecule has 0 atom stereocenters. The van der Waals surface area contributed by atoms with Gasteiger partial charge in [0.2, 0.25) is 11.8 Å². The first kappa shape index (κ1) is 27.9. The number of hydrogen-bond acceptors (Lipinski definition) is 4. The molecule has 0 spiro atoms. The summed E-state index contributed by atoms with van der Waals surface area (Å²) in [7, 11) is 0. The molecule has 2 aromatic rings. The number of pyridine rings is 1. The van der Waals surface area contributed by atoms with Crippen LogP contribution in [-0.2, 0) is 22.6 Å². The van der Waals surface area contributed by atoms with Gasteiger partial charge in [0.25, 0.3) is 0 Å². The van der Waals surface area contributed by atoms with Gasteiger partial charge in [0.1, 0.15) is 0 Å². The lowest BCUT2D eigenvalue weighted by Crippen LogP contribution is -2.40. The summed E-state index contributed by atoms with van der Waals surface area (Å²) in [6.45, 7) is 13.4. The van der Waals surface area contributed by atoms with E-state index < -0.39 is 0 Å². The lowest BCUT2D eigenvalue weighted by Gasteiger charge is -2.29. The highest BCUT2D eigenvalue weighted by molar-refractivity contribution is 5.94. The maximum absolute atomic E-state index is 13.5. The summed E-state index contributed by atoms with van der Waals surface area (Å²) in [5, 5.41) is 0. The second-order valence-corrected chi connectivity index (χ2v) is 10.8. The molecule has 3 rings (SSSR count). The van der Waals surface area contributed by atoms with Crippen LogP contribution in [0.3, 0.4) is 0 Å². The lowest BCUT2D eigenvalue weighted by atomic mass is 10.1. The van der Waals surface area contributed by atoms with Crippen molar-refractivity contribution in [2.24, 2.45) is 11.8 Å². The fraction of sp³-hybridized carbons (Fsp3) is 0.567. The predicted molar refractivity (Wildman–Crippen MR) is 147 cm³/mol. The third-order valence-corrected chi connectivity index (χ3v) is 6.65. The summed E-state index contributed by atoms with van der Waals surface area (Å²) in [6, 6.07) is 12.2. The molecule has 1 aliphatic rings. The largest absolute Gasteiger partial charge is 0.337 e. The molecule has 1 aliphatic heterocycles. The zero-order valence-electron chi connectivity index (χ0n) is 22.7. The van der Waals surface area contributed by atoms with Crippen LogP contribution in [0, 0.1) is 11.8 Å². The molecule has 0 aliphatic carbocycles. The molecular weight excluding hydrogens is 448 g/mol. The molecule has 0 radical (unpaired) electrons. The molecule has 0 bridgehead atoms. The van der Waals surface area contributed by atoms with Gasteiger partial charge in [-0.05, 0) is 67.0 Å². The molecule has 0 saturated carbocycles. The van der Waals surface area contributed by atoms with Crippen LogP contribution < -0.4 is 4.90 Å². The summed E-state index contributed by atoms with van der Waals surface area (Å²) >= 11 is 0.